The van der Waals surface area contributed by atoms with Crippen LogP contribution in [-0.4, -0.2) is 41.1 Å². The summed E-state index contributed by atoms with van der Waals surface area (Å²) in [7, 11) is 0. The Morgan fingerprint density at radius 3 is 2.40 bits per heavy atom. The number of piperazine rings is 1. The molecule has 2 fully saturated rings. The van der Waals surface area contributed by atoms with E-state index in [2.05, 4.69) is 10.2 Å². The van der Waals surface area contributed by atoms with Crippen molar-refractivity contribution in [2.75, 3.05) is 26.2 Å². The third-order valence-corrected chi connectivity index (χ3v) is 5.28. The topological polar surface area (TPSA) is 78.6 Å². The standard InChI is InChI=1S/C17H25N3O3.2ClH/c1-12-6-7-14(17(21)15(12)20(22)23)16(13-4-2-3-5-13)19-10-8-18-9-11-19;;/h6-7,13,16,18,21H,2-5,8-11H2,1H3;2*1H/t16-;;/m1../s1. The summed E-state index contributed by atoms with van der Waals surface area (Å²) < 4.78 is 0. The molecular weight excluding hydrogens is 365 g/mol. The van der Waals surface area contributed by atoms with Crippen LogP contribution in [0, 0.1) is 23.0 Å². The Morgan fingerprint density at radius 2 is 1.84 bits per heavy atom. The third-order valence-electron chi connectivity index (χ3n) is 5.28. The summed E-state index contributed by atoms with van der Waals surface area (Å²) >= 11 is 0. The molecule has 0 bridgehead atoms. The highest BCUT2D eigenvalue weighted by molar-refractivity contribution is 5.85. The average molecular weight is 392 g/mol. The van der Waals surface area contributed by atoms with Crippen molar-refractivity contribution in [2.24, 2.45) is 5.92 Å². The molecule has 1 atom stereocenters. The van der Waals surface area contributed by atoms with Crippen LogP contribution in [0.15, 0.2) is 12.1 Å². The van der Waals surface area contributed by atoms with Gasteiger partial charge in [0.25, 0.3) is 0 Å². The smallest absolute Gasteiger partial charge is 0.313 e. The van der Waals surface area contributed by atoms with Gasteiger partial charge in [0.1, 0.15) is 0 Å². The molecule has 1 aromatic rings. The van der Waals surface area contributed by atoms with Crippen molar-refractivity contribution >= 4 is 30.5 Å². The number of nitrogens with one attached hydrogen (secondary N) is 1. The lowest BCUT2D eigenvalue weighted by molar-refractivity contribution is -0.386. The number of hydrogen-bond donors (Lipinski definition) is 2. The van der Waals surface area contributed by atoms with Gasteiger partial charge in [-0.3, -0.25) is 15.0 Å². The molecule has 142 valence electrons. The zero-order valence-electron chi connectivity index (χ0n) is 14.4. The maximum Gasteiger partial charge on any atom is 0.313 e. The van der Waals surface area contributed by atoms with Crippen molar-refractivity contribution in [2.45, 2.75) is 38.6 Å². The van der Waals surface area contributed by atoms with Gasteiger partial charge in [0, 0.05) is 43.3 Å². The van der Waals surface area contributed by atoms with Crippen molar-refractivity contribution in [1.29, 1.82) is 0 Å². The molecule has 2 aliphatic rings. The summed E-state index contributed by atoms with van der Waals surface area (Å²) in [5, 5.41) is 25.3. The quantitative estimate of drug-likeness (QED) is 0.605. The molecule has 0 aromatic heterocycles. The number of aryl methyl sites for hydroxylation is 1. The first-order valence-electron chi connectivity index (χ1n) is 8.51. The number of rotatable bonds is 4. The average Bonchev–Trinajstić information content (AvgIpc) is 3.05. The van der Waals surface area contributed by atoms with Crippen LogP contribution in [-0.2, 0) is 0 Å². The summed E-state index contributed by atoms with van der Waals surface area (Å²) in [6.07, 6.45) is 4.69. The van der Waals surface area contributed by atoms with Crippen molar-refractivity contribution in [3.63, 3.8) is 0 Å². The zero-order chi connectivity index (χ0) is 16.4. The molecule has 8 heteroatoms. The van der Waals surface area contributed by atoms with Crippen molar-refractivity contribution in [3.05, 3.63) is 33.4 Å². The molecule has 0 radical (unpaired) electrons. The van der Waals surface area contributed by atoms with Crippen LogP contribution in [0.3, 0.4) is 0 Å². The molecule has 1 aromatic carbocycles. The number of nitro groups is 1. The van der Waals surface area contributed by atoms with Crippen LogP contribution >= 0.6 is 24.8 Å². The van der Waals surface area contributed by atoms with E-state index in [0.29, 0.717) is 11.5 Å². The van der Waals surface area contributed by atoms with Crippen LogP contribution < -0.4 is 5.32 Å². The van der Waals surface area contributed by atoms with E-state index in [1.54, 1.807) is 13.0 Å². The molecule has 1 saturated carbocycles. The summed E-state index contributed by atoms with van der Waals surface area (Å²) in [5.41, 5.74) is 1.11. The maximum atomic E-state index is 11.3. The number of nitro benzene ring substituents is 1. The second kappa shape index (κ2) is 9.57. The number of hydrogen-bond acceptors (Lipinski definition) is 5. The molecule has 2 N–H and O–H groups in total. The van der Waals surface area contributed by atoms with E-state index >= 15 is 0 Å². The lowest BCUT2D eigenvalue weighted by atomic mass is 9.88. The summed E-state index contributed by atoms with van der Waals surface area (Å²) in [6.45, 7) is 5.37. The monoisotopic (exact) mass is 391 g/mol. The number of nitrogens with zero attached hydrogens (tertiary/aromatic N) is 2. The number of halogens is 2. The molecule has 0 amide bonds. The van der Waals surface area contributed by atoms with Crippen LogP contribution in [0.25, 0.3) is 0 Å². The fourth-order valence-electron chi connectivity index (χ4n) is 4.15. The second-order valence-corrected chi connectivity index (χ2v) is 6.70. The van der Waals surface area contributed by atoms with Gasteiger partial charge in [0.05, 0.1) is 4.92 Å². The highest BCUT2D eigenvalue weighted by Crippen LogP contribution is 2.45. The Labute approximate surface area is 160 Å². The Balaban J connectivity index is 0.00000156. The largest absolute Gasteiger partial charge is 0.502 e. The first kappa shape index (κ1) is 22.0. The SMILES string of the molecule is Cc1ccc([C@@H](C2CCCC2)N2CCNCC2)c(O)c1[N+](=O)[O-].Cl.Cl. The van der Waals surface area contributed by atoms with Crippen LogP contribution in [0.2, 0.25) is 0 Å². The van der Waals surface area contributed by atoms with E-state index in [0.717, 1.165) is 44.6 Å². The van der Waals surface area contributed by atoms with Crippen LogP contribution in [0.4, 0.5) is 5.69 Å². The van der Waals surface area contributed by atoms with Crippen LogP contribution in [0.1, 0.15) is 42.9 Å². The van der Waals surface area contributed by atoms with E-state index in [9.17, 15) is 15.2 Å². The van der Waals surface area contributed by atoms with Crippen molar-refractivity contribution in [1.82, 2.24) is 10.2 Å². The number of phenols is 1. The lowest BCUT2D eigenvalue weighted by Crippen LogP contribution is -2.46. The van der Waals surface area contributed by atoms with Gasteiger partial charge in [-0.05, 0) is 25.7 Å². The minimum absolute atomic E-state index is 0. The predicted molar refractivity (Wildman–Crippen MR) is 103 cm³/mol. The van der Waals surface area contributed by atoms with Gasteiger partial charge >= 0.3 is 5.69 Å². The van der Waals surface area contributed by atoms with E-state index in [1.807, 2.05) is 6.07 Å². The molecule has 3 rings (SSSR count). The summed E-state index contributed by atoms with van der Waals surface area (Å²) in [5.74, 6) is 0.340. The van der Waals surface area contributed by atoms with Crippen LogP contribution in [0.5, 0.6) is 5.75 Å². The Kier molecular flexibility index (Phi) is 8.41. The van der Waals surface area contributed by atoms with Crippen molar-refractivity contribution in [3.8, 4) is 5.75 Å². The molecule has 0 spiro atoms. The fourth-order valence-corrected chi connectivity index (χ4v) is 4.15. The molecule has 1 saturated heterocycles. The van der Waals surface area contributed by atoms with E-state index in [4.69, 9.17) is 0 Å². The van der Waals surface area contributed by atoms with Gasteiger partial charge in [-0.1, -0.05) is 25.0 Å². The molecular formula is C17H27Cl2N3O3. The molecule has 1 aliphatic carbocycles. The number of aromatic hydroxyl groups is 1. The number of benzene rings is 1. The van der Waals surface area contributed by atoms with Gasteiger partial charge in [0.2, 0.25) is 0 Å². The van der Waals surface area contributed by atoms with Gasteiger partial charge in [-0.25, -0.2) is 0 Å². The maximum absolute atomic E-state index is 11.3. The van der Waals surface area contributed by atoms with Gasteiger partial charge in [0.15, 0.2) is 5.75 Å². The van der Waals surface area contributed by atoms with E-state index < -0.39 is 4.92 Å². The highest BCUT2D eigenvalue weighted by atomic mass is 35.5. The molecule has 1 heterocycles. The predicted octanol–water partition coefficient (Wildman–Crippen LogP) is 3.59. The Bertz CT molecular complexity index is 589. The second-order valence-electron chi connectivity index (χ2n) is 6.70. The fraction of sp³-hybridized carbons (Fsp3) is 0.647. The minimum Gasteiger partial charge on any atom is -0.502 e. The van der Waals surface area contributed by atoms with Gasteiger partial charge < -0.3 is 10.4 Å². The normalized spacial score (nSPS) is 19.7. The Hall–Kier alpha value is -1.08. The highest BCUT2D eigenvalue weighted by Gasteiger charge is 2.35. The molecule has 0 unspecified atom stereocenters. The van der Waals surface area contributed by atoms with Gasteiger partial charge in [-0.15, -0.1) is 24.8 Å². The van der Waals surface area contributed by atoms with Crippen molar-refractivity contribution < 1.29 is 10.0 Å². The zero-order valence-corrected chi connectivity index (χ0v) is 16.1. The molecule has 1 aliphatic heterocycles. The number of phenolic OH excluding ortho intramolecular Hbond substituents is 1. The Morgan fingerprint density at radius 1 is 1.24 bits per heavy atom. The molecule has 25 heavy (non-hydrogen) atoms. The summed E-state index contributed by atoms with van der Waals surface area (Å²) in [6, 6.07) is 3.75. The van der Waals surface area contributed by atoms with E-state index in [1.165, 1.54) is 12.8 Å². The molecule has 6 nitrogen and oxygen atoms in total. The minimum atomic E-state index is -0.461. The first-order chi connectivity index (χ1) is 11.1. The van der Waals surface area contributed by atoms with E-state index in [-0.39, 0.29) is 42.3 Å². The summed E-state index contributed by atoms with van der Waals surface area (Å²) in [4.78, 5) is 13.3. The van der Waals surface area contributed by atoms with Gasteiger partial charge in [-0.2, -0.15) is 0 Å². The third kappa shape index (κ3) is 4.56. The first-order valence-corrected chi connectivity index (χ1v) is 8.51. The lowest BCUT2D eigenvalue weighted by Gasteiger charge is -2.38.